The summed E-state index contributed by atoms with van der Waals surface area (Å²) in [6.07, 6.45) is 4.91. The molecule has 0 radical (unpaired) electrons. The fourth-order valence-corrected chi connectivity index (χ4v) is 7.60. The van der Waals surface area contributed by atoms with E-state index in [2.05, 4.69) is 4.90 Å². The van der Waals surface area contributed by atoms with Gasteiger partial charge in [0.05, 0.1) is 35.1 Å². The van der Waals surface area contributed by atoms with E-state index < -0.39 is 17.7 Å². The molecule has 0 spiro atoms. The average molecular weight is 617 g/mol. The van der Waals surface area contributed by atoms with Gasteiger partial charge >= 0.3 is 12.1 Å². The highest BCUT2D eigenvalue weighted by molar-refractivity contribution is 5.90. The molecular formula is C34H40N4O7. The highest BCUT2D eigenvalue weighted by atomic mass is 16.6. The maximum Gasteiger partial charge on any atom is 0.415 e. The third kappa shape index (κ3) is 4.92. The molecule has 11 heteroatoms. The summed E-state index contributed by atoms with van der Waals surface area (Å²) >= 11 is 0. The summed E-state index contributed by atoms with van der Waals surface area (Å²) in [5.41, 5.74) is 1.08. The molecule has 1 amide bonds. The topological polar surface area (TPSA) is 134 Å². The molecule has 7 rings (SSSR count). The molecule has 3 aromatic rings. The van der Waals surface area contributed by atoms with Gasteiger partial charge in [-0.3, -0.25) is 4.79 Å². The number of fused-ring (bicyclic) bond motifs is 5. The van der Waals surface area contributed by atoms with Crippen LogP contribution in [0.1, 0.15) is 87.2 Å². The number of aliphatic hydroxyl groups is 2. The van der Waals surface area contributed by atoms with E-state index in [1.165, 1.54) is 19.3 Å². The van der Waals surface area contributed by atoms with Gasteiger partial charge in [0.15, 0.2) is 5.60 Å². The number of carbonyl (C=O) groups excluding carboxylic acids is 2. The van der Waals surface area contributed by atoms with Crippen LogP contribution in [-0.2, 0) is 28.3 Å². The highest BCUT2D eigenvalue weighted by Crippen LogP contribution is 2.42. The van der Waals surface area contributed by atoms with Crippen LogP contribution in [0.2, 0.25) is 0 Å². The van der Waals surface area contributed by atoms with E-state index in [1.54, 1.807) is 40.7 Å². The molecule has 4 aliphatic rings. The number of esters is 1. The van der Waals surface area contributed by atoms with E-state index in [4.69, 9.17) is 14.5 Å². The number of nitrogens with zero attached hydrogens (tertiary/aromatic N) is 4. The van der Waals surface area contributed by atoms with Gasteiger partial charge in [0.25, 0.3) is 5.56 Å². The summed E-state index contributed by atoms with van der Waals surface area (Å²) < 4.78 is 12.6. The smallest absolute Gasteiger partial charge is 0.415 e. The second-order valence-corrected chi connectivity index (χ2v) is 12.7. The molecular weight excluding hydrogens is 576 g/mol. The van der Waals surface area contributed by atoms with Crippen LogP contribution in [0.15, 0.2) is 29.1 Å². The number of rotatable bonds is 5. The number of aliphatic hydroxyl groups excluding tert-OH is 1. The largest absolute Gasteiger partial charge is 0.458 e. The molecule has 6 heterocycles. The lowest BCUT2D eigenvalue weighted by Crippen LogP contribution is -2.48. The Kier molecular flexibility index (Phi) is 7.66. The molecule has 4 aliphatic heterocycles. The van der Waals surface area contributed by atoms with Gasteiger partial charge in [-0.05, 0) is 81.4 Å². The zero-order valence-corrected chi connectivity index (χ0v) is 25.9. The van der Waals surface area contributed by atoms with Crippen LogP contribution >= 0.6 is 0 Å². The fraction of sp³-hybridized carbons (Fsp3) is 0.529. The summed E-state index contributed by atoms with van der Waals surface area (Å²) in [6.45, 7) is 7.10. The predicted octanol–water partition coefficient (Wildman–Crippen LogP) is 3.97. The van der Waals surface area contributed by atoms with E-state index in [0.29, 0.717) is 64.7 Å². The Labute approximate surface area is 261 Å². The molecule has 11 nitrogen and oxygen atoms in total. The molecule has 2 saturated heterocycles. The molecule has 0 aliphatic carbocycles. The number of hydrogen-bond acceptors (Lipinski definition) is 9. The Balaban J connectivity index is 1.20. The Morgan fingerprint density at radius 3 is 2.56 bits per heavy atom. The number of benzene rings is 1. The van der Waals surface area contributed by atoms with Crippen LogP contribution in [0.5, 0.6) is 5.75 Å². The van der Waals surface area contributed by atoms with Crippen molar-refractivity contribution in [2.75, 3.05) is 26.2 Å². The molecule has 2 atom stereocenters. The number of amides is 1. The van der Waals surface area contributed by atoms with Crippen LogP contribution in [0.3, 0.4) is 0 Å². The second-order valence-electron chi connectivity index (χ2n) is 12.7. The number of pyridine rings is 2. The summed E-state index contributed by atoms with van der Waals surface area (Å²) in [5.74, 6) is -0.411. The van der Waals surface area contributed by atoms with E-state index in [9.17, 15) is 24.6 Å². The van der Waals surface area contributed by atoms with Crippen molar-refractivity contribution in [3.05, 3.63) is 56.9 Å². The Hall–Kier alpha value is -3.80. The first-order valence-electron chi connectivity index (χ1n) is 16.3. The standard InChI is InChI=1S/C34H40N4O7/c1-3-28(39)29-22-16-21(45-33(42)37-14-10-20(11-15-37)36-12-6-5-7-13-36)8-9-26(22)35-30-23(29)18-38-27(30)17-25-24(31(38)40)19-44-32(41)34(25,43)4-2/h8-9,16-17,20,28,39,43H,3-7,10-15,18-19H2,1-2H3/t28?,34-/m0/s1. The van der Waals surface area contributed by atoms with Crippen LogP contribution in [0.25, 0.3) is 22.3 Å². The van der Waals surface area contributed by atoms with E-state index in [0.717, 1.165) is 25.9 Å². The van der Waals surface area contributed by atoms with Crippen molar-refractivity contribution in [1.29, 1.82) is 0 Å². The number of ether oxygens (including phenoxy) is 2. The molecule has 1 aromatic carbocycles. The summed E-state index contributed by atoms with van der Waals surface area (Å²) in [5, 5.41) is 23.1. The SMILES string of the molecule is CCC(O)c1c2c(nc3ccc(OC(=O)N4CCC(N5CCCCC5)CC4)cc13)-c1cc3c(c(=O)n1C2)COC(=O)[C@]3(O)CC. The first-order chi connectivity index (χ1) is 21.7. The molecule has 0 bridgehead atoms. The van der Waals surface area contributed by atoms with Crippen molar-refractivity contribution < 1.29 is 29.3 Å². The van der Waals surface area contributed by atoms with Crippen LogP contribution in [-0.4, -0.2) is 73.8 Å². The minimum Gasteiger partial charge on any atom is -0.458 e. The molecule has 2 N–H and O–H groups in total. The molecule has 238 valence electrons. The minimum atomic E-state index is -1.92. The summed E-state index contributed by atoms with van der Waals surface area (Å²) in [6, 6.07) is 7.38. The Morgan fingerprint density at radius 2 is 1.84 bits per heavy atom. The van der Waals surface area contributed by atoms with Crippen molar-refractivity contribution >= 4 is 23.0 Å². The van der Waals surface area contributed by atoms with Gasteiger partial charge in [-0.15, -0.1) is 0 Å². The zero-order valence-electron chi connectivity index (χ0n) is 25.9. The van der Waals surface area contributed by atoms with Gasteiger partial charge in [0.1, 0.15) is 12.4 Å². The van der Waals surface area contributed by atoms with Crippen molar-refractivity contribution in [3.8, 4) is 17.1 Å². The summed E-state index contributed by atoms with van der Waals surface area (Å²) in [7, 11) is 0. The number of aromatic nitrogens is 2. The van der Waals surface area contributed by atoms with Crippen molar-refractivity contribution in [2.45, 2.75) is 89.7 Å². The van der Waals surface area contributed by atoms with E-state index in [1.807, 2.05) is 6.92 Å². The number of piperidine rings is 2. The maximum absolute atomic E-state index is 13.7. The van der Waals surface area contributed by atoms with E-state index in [-0.39, 0.29) is 42.4 Å². The van der Waals surface area contributed by atoms with Crippen molar-refractivity contribution in [2.24, 2.45) is 0 Å². The van der Waals surface area contributed by atoms with Gasteiger partial charge in [0, 0.05) is 35.6 Å². The van der Waals surface area contributed by atoms with Gasteiger partial charge in [0.2, 0.25) is 0 Å². The normalized spacial score (nSPS) is 22.5. The Bertz CT molecular complexity index is 1740. The lowest BCUT2D eigenvalue weighted by molar-refractivity contribution is -0.172. The fourth-order valence-electron chi connectivity index (χ4n) is 7.60. The molecule has 45 heavy (non-hydrogen) atoms. The predicted molar refractivity (Wildman–Crippen MR) is 166 cm³/mol. The number of cyclic esters (lactones) is 1. The van der Waals surface area contributed by atoms with Gasteiger partial charge in [-0.2, -0.15) is 0 Å². The first-order valence-corrected chi connectivity index (χ1v) is 16.3. The monoisotopic (exact) mass is 616 g/mol. The second kappa shape index (κ2) is 11.5. The minimum absolute atomic E-state index is 0.0531. The third-order valence-electron chi connectivity index (χ3n) is 10.3. The van der Waals surface area contributed by atoms with Crippen molar-refractivity contribution in [3.63, 3.8) is 0 Å². The molecule has 2 aromatic heterocycles. The number of hydrogen-bond donors (Lipinski definition) is 2. The van der Waals surface area contributed by atoms with Gasteiger partial charge in [-0.1, -0.05) is 20.3 Å². The highest BCUT2D eigenvalue weighted by Gasteiger charge is 2.45. The Morgan fingerprint density at radius 1 is 1.09 bits per heavy atom. The lowest BCUT2D eigenvalue weighted by Gasteiger charge is -2.39. The third-order valence-corrected chi connectivity index (χ3v) is 10.3. The number of likely N-dealkylation sites (tertiary alicyclic amines) is 2. The van der Waals surface area contributed by atoms with Gasteiger partial charge in [-0.25, -0.2) is 14.6 Å². The van der Waals surface area contributed by atoms with Crippen LogP contribution < -0.4 is 10.3 Å². The molecule has 1 unspecified atom stereocenters. The quantitative estimate of drug-likeness (QED) is 0.320. The molecule has 0 saturated carbocycles. The van der Waals surface area contributed by atoms with Crippen LogP contribution in [0, 0.1) is 0 Å². The average Bonchev–Trinajstić information content (AvgIpc) is 3.44. The molecule has 2 fully saturated rings. The summed E-state index contributed by atoms with van der Waals surface area (Å²) in [4.78, 5) is 48.6. The zero-order chi connectivity index (χ0) is 31.5. The van der Waals surface area contributed by atoms with Crippen molar-refractivity contribution in [1.82, 2.24) is 19.4 Å². The first kappa shape index (κ1) is 29.9. The van der Waals surface area contributed by atoms with Crippen LogP contribution in [0.4, 0.5) is 4.79 Å². The number of carbonyl (C=O) groups is 2. The van der Waals surface area contributed by atoms with Gasteiger partial charge < -0.3 is 34.1 Å². The lowest BCUT2D eigenvalue weighted by atomic mass is 9.86. The maximum atomic E-state index is 13.7. The van der Waals surface area contributed by atoms with E-state index >= 15 is 0 Å².